The fourth-order valence-electron chi connectivity index (χ4n) is 1.05. The second-order valence-electron chi connectivity index (χ2n) is 3.17. The first kappa shape index (κ1) is 13.7. The van der Waals surface area contributed by atoms with Gasteiger partial charge < -0.3 is 15.2 Å². The highest BCUT2D eigenvalue weighted by molar-refractivity contribution is 5.73. The third-order valence-electron chi connectivity index (χ3n) is 1.82. The van der Waals surface area contributed by atoms with Gasteiger partial charge in [-0.1, -0.05) is 0 Å². The van der Waals surface area contributed by atoms with Gasteiger partial charge in [0.15, 0.2) is 6.61 Å². The molecule has 0 unspecified atom stereocenters. The van der Waals surface area contributed by atoms with Crippen molar-refractivity contribution in [3.05, 3.63) is 23.9 Å². The number of methoxy groups -OCH3 is 1. The lowest BCUT2D eigenvalue weighted by Gasteiger charge is -2.07. The molecule has 0 aliphatic carbocycles. The van der Waals surface area contributed by atoms with Crippen molar-refractivity contribution in [3.63, 3.8) is 0 Å². The van der Waals surface area contributed by atoms with Gasteiger partial charge in [-0.3, -0.25) is 4.84 Å². The summed E-state index contributed by atoms with van der Waals surface area (Å²) < 4.78 is 4.92. The molecule has 1 aromatic rings. The molecule has 0 bridgehead atoms. The average Bonchev–Trinajstić information content (AvgIpc) is 2.36. The maximum Gasteiger partial charge on any atom is 0.338 e. The van der Waals surface area contributed by atoms with E-state index in [1.54, 1.807) is 18.3 Å². The van der Waals surface area contributed by atoms with Crippen LogP contribution >= 0.6 is 0 Å². The molecule has 0 atom stereocenters. The smallest absolute Gasteiger partial charge is 0.338 e. The molecule has 0 aliphatic heterocycles. The summed E-state index contributed by atoms with van der Waals surface area (Å²) in [5.74, 6) is -0.731. The molecule has 8 nitrogen and oxygen atoms in total. The Bertz CT molecular complexity index is 424. The zero-order valence-electron chi connectivity index (χ0n) is 9.67. The van der Waals surface area contributed by atoms with E-state index in [1.807, 2.05) is 5.48 Å². The van der Waals surface area contributed by atoms with Crippen molar-refractivity contribution in [2.45, 2.75) is 6.54 Å². The number of hydroxylamine groups is 1. The van der Waals surface area contributed by atoms with Crippen LogP contribution in [0.15, 0.2) is 18.3 Å². The molecule has 18 heavy (non-hydrogen) atoms. The van der Waals surface area contributed by atoms with Crippen molar-refractivity contribution >= 4 is 12.0 Å². The molecule has 1 rings (SSSR count). The fraction of sp³-hybridized carbons (Fsp3) is 0.300. The Morgan fingerprint density at radius 3 is 2.94 bits per heavy atom. The van der Waals surface area contributed by atoms with Crippen LogP contribution in [0.25, 0.3) is 0 Å². The minimum Gasteiger partial charge on any atom is -0.481 e. The number of aliphatic carboxylic acids is 1. The molecule has 0 saturated carbocycles. The van der Waals surface area contributed by atoms with E-state index in [0.717, 1.165) is 5.56 Å². The summed E-state index contributed by atoms with van der Waals surface area (Å²) in [6, 6.07) is 2.74. The van der Waals surface area contributed by atoms with E-state index in [9.17, 15) is 9.59 Å². The van der Waals surface area contributed by atoms with Gasteiger partial charge in [0.2, 0.25) is 5.88 Å². The lowest BCUT2D eigenvalue weighted by molar-refractivity contribution is -0.144. The van der Waals surface area contributed by atoms with Crippen LogP contribution in [0.5, 0.6) is 5.88 Å². The van der Waals surface area contributed by atoms with E-state index >= 15 is 0 Å². The normalized spacial score (nSPS) is 9.61. The standard InChI is InChI=1S/C10H13N3O5/c1-17-8-4-7(2-3-11-8)5-12-10(16)13-18-6-9(14)15/h2-4H,5-6H2,1H3,(H,14,15)(H2,12,13,16). The highest BCUT2D eigenvalue weighted by atomic mass is 16.7. The van der Waals surface area contributed by atoms with Crippen LogP contribution in [-0.4, -0.2) is 35.8 Å². The van der Waals surface area contributed by atoms with E-state index in [4.69, 9.17) is 9.84 Å². The first-order chi connectivity index (χ1) is 8.61. The molecular formula is C10H13N3O5. The summed E-state index contributed by atoms with van der Waals surface area (Å²) in [5.41, 5.74) is 2.72. The first-order valence-corrected chi connectivity index (χ1v) is 4.98. The number of carboxylic acids is 1. The Morgan fingerprint density at radius 2 is 2.28 bits per heavy atom. The first-order valence-electron chi connectivity index (χ1n) is 4.98. The van der Waals surface area contributed by atoms with Gasteiger partial charge in [-0.05, 0) is 11.6 Å². The SMILES string of the molecule is COc1cc(CNC(=O)NOCC(=O)O)ccn1. The molecule has 0 saturated heterocycles. The molecule has 0 fully saturated rings. The quantitative estimate of drug-likeness (QED) is 0.612. The van der Waals surface area contributed by atoms with Crippen LogP contribution in [0.1, 0.15) is 5.56 Å². The molecule has 2 amide bonds. The Kier molecular flexibility index (Phi) is 5.39. The van der Waals surface area contributed by atoms with Crippen LogP contribution in [0.2, 0.25) is 0 Å². The molecule has 0 radical (unpaired) electrons. The number of pyridine rings is 1. The minimum absolute atomic E-state index is 0.237. The third kappa shape index (κ3) is 5.12. The number of rotatable bonds is 6. The molecule has 8 heteroatoms. The van der Waals surface area contributed by atoms with Gasteiger partial charge in [0.25, 0.3) is 0 Å². The molecule has 1 aromatic heterocycles. The van der Waals surface area contributed by atoms with E-state index in [-0.39, 0.29) is 6.54 Å². The topological polar surface area (TPSA) is 110 Å². The molecule has 98 valence electrons. The van der Waals surface area contributed by atoms with Crippen molar-refractivity contribution in [2.75, 3.05) is 13.7 Å². The molecule has 3 N–H and O–H groups in total. The van der Waals surface area contributed by atoms with Gasteiger partial charge in [0.1, 0.15) is 0 Å². The predicted octanol–water partition coefficient (Wildman–Crippen LogP) is -0.0944. The number of ether oxygens (including phenoxy) is 1. The molecule has 0 spiro atoms. The molecule has 0 aromatic carbocycles. The van der Waals surface area contributed by atoms with E-state index < -0.39 is 18.6 Å². The summed E-state index contributed by atoms with van der Waals surface area (Å²) in [7, 11) is 1.49. The number of nitrogens with zero attached hydrogens (tertiary/aromatic N) is 1. The number of carbonyl (C=O) groups excluding carboxylic acids is 1. The van der Waals surface area contributed by atoms with Crippen LogP contribution in [0.4, 0.5) is 4.79 Å². The van der Waals surface area contributed by atoms with Crippen molar-refractivity contribution in [1.82, 2.24) is 15.8 Å². The number of hydrogen-bond acceptors (Lipinski definition) is 5. The van der Waals surface area contributed by atoms with Crippen LogP contribution in [0.3, 0.4) is 0 Å². The van der Waals surface area contributed by atoms with Gasteiger partial charge in [-0.2, -0.15) is 0 Å². The van der Waals surface area contributed by atoms with Crippen molar-refractivity contribution < 1.29 is 24.3 Å². The molecule has 0 aliphatic rings. The van der Waals surface area contributed by atoms with E-state index in [0.29, 0.717) is 5.88 Å². The third-order valence-corrected chi connectivity index (χ3v) is 1.82. The summed E-state index contributed by atoms with van der Waals surface area (Å²) in [6.07, 6.45) is 1.55. The Hall–Kier alpha value is -2.35. The average molecular weight is 255 g/mol. The maximum absolute atomic E-state index is 11.2. The fourth-order valence-corrected chi connectivity index (χ4v) is 1.05. The molecule has 1 heterocycles. The number of aromatic nitrogens is 1. The van der Waals surface area contributed by atoms with Crippen LogP contribution in [-0.2, 0) is 16.2 Å². The largest absolute Gasteiger partial charge is 0.481 e. The van der Waals surface area contributed by atoms with Crippen molar-refractivity contribution in [2.24, 2.45) is 0 Å². The van der Waals surface area contributed by atoms with Gasteiger partial charge in [-0.15, -0.1) is 0 Å². The van der Waals surface area contributed by atoms with E-state index in [1.165, 1.54) is 7.11 Å². The minimum atomic E-state index is -1.17. The zero-order chi connectivity index (χ0) is 13.4. The Balaban J connectivity index is 2.31. The maximum atomic E-state index is 11.2. The Morgan fingerprint density at radius 1 is 1.50 bits per heavy atom. The highest BCUT2D eigenvalue weighted by Crippen LogP contribution is 2.07. The lowest BCUT2D eigenvalue weighted by Crippen LogP contribution is -2.36. The lowest BCUT2D eigenvalue weighted by atomic mass is 10.2. The van der Waals surface area contributed by atoms with Crippen LogP contribution in [0, 0.1) is 0 Å². The molecular weight excluding hydrogens is 242 g/mol. The van der Waals surface area contributed by atoms with Crippen LogP contribution < -0.4 is 15.5 Å². The van der Waals surface area contributed by atoms with Crippen molar-refractivity contribution in [3.8, 4) is 5.88 Å². The predicted molar refractivity (Wildman–Crippen MR) is 59.7 cm³/mol. The van der Waals surface area contributed by atoms with Gasteiger partial charge in [-0.25, -0.2) is 20.1 Å². The number of urea groups is 1. The monoisotopic (exact) mass is 255 g/mol. The number of amides is 2. The van der Waals surface area contributed by atoms with Gasteiger partial charge in [0.05, 0.1) is 7.11 Å². The summed E-state index contributed by atoms with van der Waals surface area (Å²) in [4.78, 5) is 29.6. The Labute approximate surface area is 103 Å². The summed E-state index contributed by atoms with van der Waals surface area (Å²) in [6.45, 7) is -0.363. The second-order valence-corrected chi connectivity index (χ2v) is 3.17. The number of nitrogens with one attached hydrogen (secondary N) is 2. The number of carbonyl (C=O) groups is 2. The van der Waals surface area contributed by atoms with Gasteiger partial charge >= 0.3 is 12.0 Å². The highest BCUT2D eigenvalue weighted by Gasteiger charge is 2.03. The zero-order valence-corrected chi connectivity index (χ0v) is 9.67. The number of hydrogen-bond donors (Lipinski definition) is 3. The summed E-state index contributed by atoms with van der Waals surface area (Å²) >= 11 is 0. The number of carboxylic acid groups (broad SMARTS) is 1. The van der Waals surface area contributed by atoms with Gasteiger partial charge in [0, 0.05) is 18.8 Å². The van der Waals surface area contributed by atoms with E-state index in [2.05, 4.69) is 15.1 Å². The van der Waals surface area contributed by atoms with Crippen molar-refractivity contribution in [1.29, 1.82) is 0 Å². The summed E-state index contributed by atoms with van der Waals surface area (Å²) in [5, 5.41) is 10.7. The second kappa shape index (κ2) is 7.07.